The van der Waals surface area contributed by atoms with Crippen LogP contribution < -0.4 is 14.8 Å². The van der Waals surface area contributed by atoms with E-state index in [-0.39, 0.29) is 16.8 Å². The molecule has 1 aromatic carbocycles. The average Bonchev–Trinajstić information content (AvgIpc) is 2.84. The van der Waals surface area contributed by atoms with Crippen LogP contribution in [0.1, 0.15) is 6.92 Å². The monoisotopic (exact) mass is 326 g/mol. The van der Waals surface area contributed by atoms with E-state index in [4.69, 9.17) is 9.47 Å². The normalized spacial score (nSPS) is 10.4. The SMILES string of the molecule is COc1cc2nc(NC(=O)CSC(C)=O)sc2cc1OC. The second kappa shape index (κ2) is 6.77. The Morgan fingerprint density at radius 1 is 1.29 bits per heavy atom. The molecule has 1 aromatic heterocycles. The lowest BCUT2D eigenvalue weighted by Crippen LogP contribution is -2.14. The van der Waals surface area contributed by atoms with Crippen molar-refractivity contribution in [2.75, 3.05) is 25.3 Å². The molecule has 21 heavy (non-hydrogen) atoms. The van der Waals surface area contributed by atoms with Gasteiger partial charge in [-0.15, -0.1) is 0 Å². The van der Waals surface area contributed by atoms with Gasteiger partial charge in [-0.1, -0.05) is 23.1 Å². The van der Waals surface area contributed by atoms with Crippen LogP contribution >= 0.6 is 23.1 Å². The van der Waals surface area contributed by atoms with E-state index in [2.05, 4.69) is 10.3 Å². The first-order chi connectivity index (χ1) is 10.0. The third kappa shape index (κ3) is 3.85. The Labute approximate surface area is 129 Å². The molecule has 0 saturated carbocycles. The molecule has 1 heterocycles. The summed E-state index contributed by atoms with van der Waals surface area (Å²) in [5.41, 5.74) is 0.715. The molecule has 0 bridgehead atoms. The third-order valence-corrected chi connectivity index (χ3v) is 4.29. The minimum atomic E-state index is -0.256. The van der Waals surface area contributed by atoms with Crippen LogP contribution in [0.4, 0.5) is 5.13 Å². The zero-order valence-electron chi connectivity index (χ0n) is 11.8. The Morgan fingerprint density at radius 3 is 2.57 bits per heavy atom. The Kier molecular flexibility index (Phi) is 5.03. The molecule has 1 amide bonds. The number of nitrogens with one attached hydrogen (secondary N) is 1. The minimum Gasteiger partial charge on any atom is -0.493 e. The molecule has 112 valence electrons. The van der Waals surface area contributed by atoms with E-state index in [9.17, 15) is 9.59 Å². The summed E-state index contributed by atoms with van der Waals surface area (Å²) in [6.07, 6.45) is 0. The number of carbonyl (C=O) groups excluding carboxylic acids is 2. The number of fused-ring (bicyclic) bond motifs is 1. The molecule has 6 nitrogen and oxygen atoms in total. The van der Waals surface area contributed by atoms with Gasteiger partial charge >= 0.3 is 0 Å². The van der Waals surface area contributed by atoms with Crippen molar-refractivity contribution in [3.8, 4) is 11.5 Å². The molecule has 0 atom stereocenters. The van der Waals surface area contributed by atoms with Crippen LogP contribution in [0.25, 0.3) is 10.2 Å². The first-order valence-electron chi connectivity index (χ1n) is 5.99. The summed E-state index contributed by atoms with van der Waals surface area (Å²) in [5, 5.41) is 3.06. The van der Waals surface area contributed by atoms with Gasteiger partial charge < -0.3 is 14.8 Å². The van der Waals surface area contributed by atoms with E-state index in [1.54, 1.807) is 20.3 Å². The zero-order valence-corrected chi connectivity index (χ0v) is 13.4. The summed E-state index contributed by atoms with van der Waals surface area (Å²) in [4.78, 5) is 26.8. The smallest absolute Gasteiger partial charge is 0.236 e. The van der Waals surface area contributed by atoms with Crippen molar-refractivity contribution in [2.24, 2.45) is 0 Å². The number of hydrogen-bond acceptors (Lipinski definition) is 7. The second-order valence-electron chi connectivity index (χ2n) is 4.02. The Morgan fingerprint density at radius 2 is 1.95 bits per heavy atom. The van der Waals surface area contributed by atoms with Crippen molar-refractivity contribution >= 4 is 49.5 Å². The molecule has 0 aliphatic heterocycles. The van der Waals surface area contributed by atoms with Gasteiger partial charge in [0, 0.05) is 19.1 Å². The fourth-order valence-corrected chi connectivity index (χ4v) is 2.93. The van der Waals surface area contributed by atoms with Crippen molar-refractivity contribution in [1.29, 1.82) is 0 Å². The van der Waals surface area contributed by atoms with Gasteiger partial charge in [-0.25, -0.2) is 4.98 Å². The number of rotatable bonds is 5. The van der Waals surface area contributed by atoms with Gasteiger partial charge in [0.15, 0.2) is 21.7 Å². The standard InChI is InChI=1S/C13H14N2O4S2/c1-7(16)20-6-12(17)15-13-14-8-4-9(18-2)10(19-3)5-11(8)21-13/h4-5H,6H2,1-3H3,(H,14,15,17). The molecule has 2 aromatic rings. The molecule has 8 heteroatoms. The third-order valence-electron chi connectivity index (χ3n) is 2.55. The Balaban J connectivity index is 2.18. The summed E-state index contributed by atoms with van der Waals surface area (Å²) in [5.74, 6) is 1.02. The number of anilines is 1. The van der Waals surface area contributed by atoms with Crippen LogP contribution in [0.15, 0.2) is 12.1 Å². The highest BCUT2D eigenvalue weighted by atomic mass is 32.2. The number of nitrogens with zero attached hydrogens (tertiary/aromatic N) is 1. The number of methoxy groups -OCH3 is 2. The van der Waals surface area contributed by atoms with Gasteiger partial charge in [0.25, 0.3) is 0 Å². The van der Waals surface area contributed by atoms with E-state index in [1.165, 1.54) is 18.3 Å². The molecular weight excluding hydrogens is 312 g/mol. The lowest BCUT2D eigenvalue weighted by molar-refractivity contribution is -0.114. The van der Waals surface area contributed by atoms with Crippen LogP contribution in [0.3, 0.4) is 0 Å². The fraction of sp³-hybridized carbons (Fsp3) is 0.308. The molecule has 0 radical (unpaired) electrons. The maximum absolute atomic E-state index is 11.7. The minimum absolute atomic E-state index is 0.0813. The van der Waals surface area contributed by atoms with Crippen LogP contribution in [-0.4, -0.2) is 36.0 Å². The summed E-state index contributed by atoms with van der Waals surface area (Å²) < 4.78 is 11.3. The van der Waals surface area contributed by atoms with Gasteiger partial charge in [0.2, 0.25) is 5.91 Å². The van der Waals surface area contributed by atoms with Crippen molar-refractivity contribution in [1.82, 2.24) is 4.98 Å². The molecule has 0 spiro atoms. The summed E-state index contributed by atoms with van der Waals surface area (Å²) in [6, 6.07) is 3.57. The highest BCUT2D eigenvalue weighted by molar-refractivity contribution is 8.14. The van der Waals surface area contributed by atoms with E-state index >= 15 is 0 Å². The highest BCUT2D eigenvalue weighted by Crippen LogP contribution is 2.36. The van der Waals surface area contributed by atoms with Gasteiger partial charge in [-0.2, -0.15) is 0 Å². The number of amides is 1. The summed E-state index contributed by atoms with van der Waals surface area (Å²) in [7, 11) is 3.12. The zero-order chi connectivity index (χ0) is 15.4. The molecule has 0 aliphatic carbocycles. The lowest BCUT2D eigenvalue weighted by Gasteiger charge is -2.05. The number of aromatic nitrogens is 1. The predicted molar refractivity (Wildman–Crippen MR) is 84.5 cm³/mol. The summed E-state index contributed by atoms with van der Waals surface area (Å²) >= 11 is 2.30. The Hall–Kier alpha value is -1.80. The molecule has 2 rings (SSSR count). The number of benzene rings is 1. The van der Waals surface area contributed by atoms with Crippen LogP contribution in [-0.2, 0) is 9.59 Å². The number of carbonyl (C=O) groups is 2. The maximum atomic E-state index is 11.7. The van der Waals surface area contributed by atoms with E-state index in [1.807, 2.05) is 6.07 Å². The van der Waals surface area contributed by atoms with E-state index < -0.39 is 0 Å². The molecule has 1 N–H and O–H groups in total. The van der Waals surface area contributed by atoms with Crippen molar-refractivity contribution in [2.45, 2.75) is 6.92 Å². The quantitative estimate of drug-likeness (QED) is 0.910. The van der Waals surface area contributed by atoms with Gasteiger partial charge in [0.05, 0.1) is 30.2 Å². The van der Waals surface area contributed by atoms with Crippen LogP contribution in [0, 0.1) is 0 Å². The first-order valence-corrected chi connectivity index (χ1v) is 7.79. The van der Waals surface area contributed by atoms with Crippen LogP contribution in [0.5, 0.6) is 11.5 Å². The topological polar surface area (TPSA) is 77.5 Å². The number of ether oxygens (including phenoxy) is 2. The van der Waals surface area contributed by atoms with E-state index in [0.29, 0.717) is 22.1 Å². The maximum Gasteiger partial charge on any atom is 0.236 e. The molecule has 0 saturated heterocycles. The van der Waals surface area contributed by atoms with Crippen LogP contribution in [0.2, 0.25) is 0 Å². The van der Waals surface area contributed by atoms with E-state index in [0.717, 1.165) is 16.5 Å². The van der Waals surface area contributed by atoms with Gasteiger partial charge in [-0.05, 0) is 0 Å². The summed E-state index contributed by atoms with van der Waals surface area (Å²) in [6.45, 7) is 1.42. The van der Waals surface area contributed by atoms with Gasteiger partial charge in [-0.3, -0.25) is 9.59 Å². The van der Waals surface area contributed by atoms with Crippen molar-refractivity contribution in [3.05, 3.63) is 12.1 Å². The number of hydrogen-bond donors (Lipinski definition) is 1. The lowest BCUT2D eigenvalue weighted by atomic mass is 10.3. The number of thiazole rings is 1. The second-order valence-corrected chi connectivity index (χ2v) is 6.21. The van der Waals surface area contributed by atoms with Crippen molar-refractivity contribution in [3.63, 3.8) is 0 Å². The molecule has 0 unspecified atom stereocenters. The Bertz CT molecular complexity index is 643. The molecular formula is C13H14N2O4S2. The predicted octanol–water partition coefficient (Wildman–Crippen LogP) is 2.53. The number of thioether (sulfide) groups is 1. The molecule has 0 aliphatic rings. The largest absolute Gasteiger partial charge is 0.493 e. The highest BCUT2D eigenvalue weighted by Gasteiger charge is 2.12. The average molecular weight is 326 g/mol. The van der Waals surface area contributed by atoms with Gasteiger partial charge in [0.1, 0.15) is 0 Å². The van der Waals surface area contributed by atoms with Crippen molar-refractivity contribution < 1.29 is 19.1 Å². The first kappa shape index (κ1) is 15.6. The fourth-order valence-electron chi connectivity index (χ4n) is 1.63. The molecule has 0 fully saturated rings.